The van der Waals surface area contributed by atoms with Crippen molar-refractivity contribution in [1.29, 1.82) is 0 Å². The first-order valence-electron chi connectivity index (χ1n) is 8.77. The number of hydrogen-bond acceptors (Lipinski definition) is 3. The second kappa shape index (κ2) is 6.88. The Kier molecular flexibility index (Phi) is 4.81. The number of amides is 2. The summed E-state index contributed by atoms with van der Waals surface area (Å²) in [7, 11) is 1.83. The summed E-state index contributed by atoms with van der Waals surface area (Å²) in [5, 5.41) is 20.4. The molecule has 3 N–H and O–H groups in total. The molecule has 1 aliphatic carbocycles. The molecule has 6 nitrogen and oxygen atoms in total. The largest absolute Gasteiger partial charge is 0.394 e. The Morgan fingerprint density at radius 2 is 2.16 bits per heavy atom. The smallest absolute Gasteiger partial charge is 0.320 e. The van der Waals surface area contributed by atoms with Crippen molar-refractivity contribution < 1.29 is 9.90 Å². The van der Waals surface area contributed by atoms with Crippen LogP contribution < -0.4 is 10.6 Å². The van der Waals surface area contributed by atoms with Gasteiger partial charge in [0.05, 0.1) is 23.5 Å². The van der Waals surface area contributed by atoms with Crippen LogP contribution in [0.15, 0.2) is 30.5 Å². The summed E-state index contributed by atoms with van der Waals surface area (Å²) in [6.45, 7) is 3.96. The highest BCUT2D eigenvalue weighted by molar-refractivity contribution is 5.90. The van der Waals surface area contributed by atoms with Gasteiger partial charge in [0.2, 0.25) is 0 Å². The predicted octanol–water partition coefficient (Wildman–Crippen LogP) is 2.89. The van der Waals surface area contributed by atoms with Crippen LogP contribution in [0.3, 0.4) is 0 Å². The van der Waals surface area contributed by atoms with Crippen molar-refractivity contribution >= 4 is 11.7 Å². The fourth-order valence-electron chi connectivity index (χ4n) is 3.65. The van der Waals surface area contributed by atoms with Gasteiger partial charge < -0.3 is 15.7 Å². The van der Waals surface area contributed by atoms with E-state index in [4.69, 9.17) is 0 Å². The molecule has 1 aromatic heterocycles. The zero-order valence-corrected chi connectivity index (χ0v) is 15.0. The van der Waals surface area contributed by atoms with Crippen molar-refractivity contribution in [3.8, 4) is 0 Å². The normalized spacial score (nSPS) is 19.6. The number of fused-ring (bicyclic) bond motifs is 1. The highest BCUT2D eigenvalue weighted by Crippen LogP contribution is 2.35. The fourth-order valence-corrected chi connectivity index (χ4v) is 3.65. The summed E-state index contributed by atoms with van der Waals surface area (Å²) < 4.78 is 1.70. The molecular formula is C19H26N4O2. The van der Waals surface area contributed by atoms with E-state index in [1.807, 2.05) is 39.1 Å². The summed E-state index contributed by atoms with van der Waals surface area (Å²) in [6, 6.07) is 7.69. The van der Waals surface area contributed by atoms with E-state index in [2.05, 4.69) is 21.8 Å². The molecule has 0 radical (unpaired) electrons. The monoisotopic (exact) mass is 342 g/mol. The van der Waals surface area contributed by atoms with Crippen LogP contribution in [0, 0.1) is 0 Å². The molecule has 0 aliphatic heterocycles. The second-order valence-electron chi connectivity index (χ2n) is 7.09. The number of nitrogens with zero attached hydrogens (tertiary/aromatic N) is 2. The number of aromatic nitrogens is 2. The Morgan fingerprint density at radius 1 is 1.40 bits per heavy atom. The third-order valence-corrected chi connectivity index (χ3v) is 4.86. The van der Waals surface area contributed by atoms with E-state index in [1.165, 1.54) is 5.56 Å². The Hall–Kier alpha value is -2.34. The molecule has 1 aliphatic rings. The molecule has 1 unspecified atom stereocenters. The highest BCUT2D eigenvalue weighted by atomic mass is 16.3. The van der Waals surface area contributed by atoms with E-state index in [0.717, 1.165) is 30.5 Å². The van der Waals surface area contributed by atoms with Crippen LogP contribution in [0.4, 0.5) is 10.5 Å². The maximum Gasteiger partial charge on any atom is 0.320 e. The number of urea groups is 1. The number of carbonyl (C=O) groups is 1. The van der Waals surface area contributed by atoms with Crippen LogP contribution in [-0.4, -0.2) is 27.5 Å². The van der Waals surface area contributed by atoms with Crippen molar-refractivity contribution in [2.24, 2.45) is 7.05 Å². The molecule has 25 heavy (non-hydrogen) atoms. The van der Waals surface area contributed by atoms with Crippen molar-refractivity contribution in [2.75, 3.05) is 11.9 Å². The zero-order valence-electron chi connectivity index (χ0n) is 15.0. The van der Waals surface area contributed by atoms with E-state index in [-0.39, 0.29) is 18.6 Å². The Balaban J connectivity index is 1.83. The lowest BCUT2D eigenvalue weighted by Gasteiger charge is -2.38. The first-order valence-corrected chi connectivity index (χ1v) is 8.77. The van der Waals surface area contributed by atoms with Gasteiger partial charge in [0.15, 0.2) is 0 Å². The van der Waals surface area contributed by atoms with Gasteiger partial charge in [-0.25, -0.2) is 4.79 Å². The number of rotatable bonds is 4. The number of aliphatic hydroxyl groups is 1. The maximum atomic E-state index is 12.7. The summed E-state index contributed by atoms with van der Waals surface area (Å²) in [4.78, 5) is 12.7. The lowest BCUT2D eigenvalue weighted by atomic mass is 9.77. The van der Waals surface area contributed by atoms with E-state index in [1.54, 1.807) is 10.9 Å². The van der Waals surface area contributed by atoms with Gasteiger partial charge in [-0.2, -0.15) is 5.10 Å². The minimum absolute atomic E-state index is 0.124. The minimum atomic E-state index is -0.737. The molecule has 0 saturated carbocycles. The predicted molar refractivity (Wildman–Crippen MR) is 97.6 cm³/mol. The van der Waals surface area contributed by atoms with Crippen molar-refractivity contribution in [1.82, 2.24) is 15.1 Å². The van der Waals surface area contributed by atoms with E-state index in [9.17, 15) is 9.90 Å². The van der Waals surface area contributed by atoms with Gasteiger partial charge in [0, 0.05) is 13.2 Å². The van der Waals surface area contributed by atoms with Crippen LogP contribution in [0.2, 0.25) is 0 Å². The minimum Gasteiger partial charge on any atom is -0.394 e. The number of aryl methyl sites for hydroxylation is 2. The molecule has 1 aromatic carbocycles. The van der Waals surface area contributed by atoms with E-state index < -0.39 is 5.54 Å². The second-order valence-corrected chi connectivity index (χ2v) is 7.09. The molecule has 0 fully saturated rings. The van der Waals surface area contributed by atoms with Gasteiger partial charge >= 0.3 is 6.03 Å². The molecule has 0 saturated heterocycles. The standard InChI is InChI=1S/C19H26N4O2/c1-13(2)17-16(11-23(3)22-17)20-18(25)21-19(12-24)10-6-8-14-7-4-5-9-15(14)19/h4-5,7,9,11,13,24H,6,8,10,12H2,1-3H3,(H2,20,21,25). The number of benzene rings is 1. The number of nitrogens with one attached hydrogen (secondary N) is 2. The summed E-state index contributed by atoms with van der Waals surface area (Å²) in [6.07, 6.45) is 4.43. The van der Waals surface area contributed by atoms with Crippen LogP contribution >= 0.6 is 0 Å². The maximum absolute atomic E-state index is 12.7. The molecule has 1 atom stereocenters. The highest BCUT2D eigenvalue weighted by Gasteiger charge is 2.37. The molecule has 1 heterocycles. The Labute approximate surface area is 148 Å². The Morgan fingerprint density at radius 3 is 2.88 bits per heavy atom. The number of anilines is 1. The summed E-state index contributed by atoms with van der Waals surface area (Å²) in [5.74, 6) is 0.207. The number of hydrogen-bond donors (Lipinski definition) is 3. The van der Waals surface area contributed by atoms with Crippen molar-refractivity contribution in [3.05, 3.63) is 47.3 Å². The van der Waals surface area contributed by atoms with Crippen molar-refractivity contribution in [3.63, 3.8) is 0 Å². The van der Waals surface area contributed by atoms with Crippen LogP contribution in [0.5, 0.6) is 0 Å². The number of carbonyl (C=O) groups excluding carboxylic acids is 1. The van der Waals surface area contributed by atoms with Crippen LogP contribution in [0.1, 0.15) is 49.4 Å². The molecule has 0 spiro atoms. The van der Waals surface area contributed by atoms with E-state index >= 15 is 0 Å². The third-order valence-electron chi connectivity index (χ3n) is 4.86. The van der Waals surface area contributed by atoms with Gasteiger partial charge in [-0.1, -0.05) is 38.1 Å². The third kappa shape index (κ3) is 3.39. The lowest BCUT2D eigenvalue weighted by Crippen LogP contribution is -2.52. The van der Waals surface area contributed by atoms with Gasteiger partial charge in [-0.3, -0.25) is 4.68 Å². The molecular weight excluding hydrogens is 316 g/mol. The molecule has 6 heteroatoms. The summed E-state index contributed by atoms with van der Waals surface area (Å²) in [5.41, 5.74) is 3.01. The molecule has 134 valence electrons. The summed E-state index contributed by atoms with van der Waals surface area (Å²) >= 11 is 0. The molecule has 2 aromatic rings. The zero-order chi connectivity index (χ0) is 18.0. The van der Waals surface area contributed by atoms with Gasteiger partial charge in [0.1, 0.15) is 0 Å². The Bertz CT molecular complexity index is 769. The molecule has 3 rings (SSSR count). The first kappa shape index (κ1) is 17.5. The van der Waals surface area contributed by atoms with Gasteiger partial charge in [-0.05, 0) is 36.3 Å². The average molecular weight is 342 g/mol. The molecule has 2 amide bonds. The number of aliphatic hydroxyl groups excluding tert-OH is 1. The SMILES string of the molecule is CC(C)c1nn(C)cc1NC(=O)NC1(CO)CCCc2ccccc21. The quantitative estimate of drug-likeness (QED) is 0.799. The van der Waals surface area contributed by atoms with E-state index in [0.29, 0.717) is 5.69 Å². The lowest BCUT2D eigenvalue weighted by molar-refractivity contribution is 0.147. The van der Waals surface area contributed by atoms with Crippen LogP contribution in [-0.2, 0) is 19.0 Å². The van der Waals surface area contributed by atoms with Gasteiger partial charge in [0.25, 0.3) is 0 Å². The van der Waals surface area contributed by atoms with Crippen LogP contribution in [0.25, 0.3) is 0 Å². The topological polar surface area (TPSA) is 79.2 Å². The van der Waals surface area contributed by atoms with Gasteiger partial charge in [-0.15, -0.1) is 0 Å². The fraction of sp³-hybridized carbons (Fsp3) is 0.474. The molecule has 0 bridgehead atoms. The van der Waals surface area contributed by atoms with Crippen molar-refractivity contribution in [2.45, 2.75) is 44.6 Å². The first-order chi connectivity index (χ1) is 11.9. The average Bonchev–Trinajstić information content (AvgIpc) is 2.95.